The van der Waals surface area contributed by atoms with Crippen molar-refractivity contribution in [2.45, 2.75) is 0 Å². The minimum atomic E-state index is -0.404. The van der Waals surface area contributed by atoms with E-state index >= 15 is 0 Å². The largest absolute Gasteiger partial charge is 0.374 e. The van der Waals surface area contributed by atoms with Crippen LogP contribution in [0.2, 0.25) is 0 Å². The molecule has 0 atom stereocenters. The number of carbonyl (C=O) groups is 1. The average molecular weight is 252 g/mol. The highest BCUT2D eigenvalue weighted by Gasteiger charge is 2.18. The van der Waals surface area contributed by atoms with Gasteiger partial charge in [0.2, 0.25) is 10.1 Å². The molecule has 0 spiro atoms. The molecule has 5 nitrogen and oxygen atoms in total. The molecule has 1 aromatic carbocycles. The van der Waals surface area contributed by atoms with E-state index in [1.54, 1.807) is 6.07 Å². The first-order valence-corrected chi connectivity index (χ1v) is 5.52. The summed E-state index contributed by atoms with van der Waals surface area (Å²) in [4.78, 5) is 13.2. The van der Waals surface area contributed by atoms with Crippen molar-refractivity contribution in [1.82, 2.24) is 10.2 Å². The highest BCUT2D eigenvalue weighted by Crippen LogP contribution is 2.19. The number of nitrogens with two attached hydrogens (primary N) is 1. The third kappa shape index (κ3) is 2.39. The smallest absolute Gasteiger partial charge is 0.289 e. The predicted octanol–water partition coefficient (Wildman–Crippen LogP) is 1.54. The third-order valence-electron chi connectivity index (χ3n) is 2.12. The maximum absolute atomic E-state index is 13.0. The van der Waals surface area contributed by atoms with Gasteiger partial charge in [0.1, 0.15) is 5.82 Å². The van der Waals surface area contributed by atoms with Gasteiger partial charge in [-0.3, -0.25) is 4.79 Å². The molecule has 17 heavy (non-hydrogen) atoms. The molecule has 0 aliphatic rings. The molecular formula is C10H9FN4OS. The number of halogens is 1. The second kappa shape index (κ2) is 4.46. The van der Waals surface area contributed by atoms with Crippen molar-refractivity contribution in [3.8, 4) is 0 Å². The van der Waals surface area contributed by atoms with Crippen LogP contribution >= 0.6 is 11.3 Å². The monoisotopic (exact) mass is 252 g/mol. The van der Waals surface area contributed by atoms with Crippen LogP contribution in [-0.2, 0) is 0 Å². The van der Waals surface area contributed by atoms with Crippen molar-refractivity contribution >= 4 is 28.1 Å². The van der Waals surface area contributed by atoms with E-state index in [-0.39, 0.29) is 16.0 Å². The number of aromatic nitrogens is 2. The number of nitrogens with zero attached hydrogens (tertiary/aromatic N) is 3. The number of hydrogen-bond acceptors (Lipinski definition) is 5. The zero-order chi connectivity index (χ0) is 12.4. The summed E-state index contributed by atoms with van der Waals surface area (Å²) in [5, 5.41) is 7.60. The quantitative estimate of drug-likeness (QED) is 0.879. The van der Waals surface area contributed by atoms with Gasteiger partial charge in [0.25, 0.3) is 5.91 Å². The summed E-state index contributed by atoms with van der Waals surface area (Å²) in [7, 11) is 1.54. The van der Waals surface area contributed by atoms with Crippen LogP contribution in [0.4, 0.5) is 15.2 Å². The van der Waals surface area contributed by atoms with Crippen LogP contribution in [0.3, 0.4) is 0 Å². The Bertz CT molecular complexity index is 557. The summed E-state index contributed by atoms with van der Waals surface area (Å²) in [6, 6.07) is 5.74. The molecule has 0 saturated carbocycles. The summed E-state index contributed by atoms with van der Waals surface area (Å²) < 4.78 is 13.0. The van der Waals surface area contributed by atoms with Crippen LogP contribution in [0.25, 0.3) is 0 Å². The number of hydrogen-bond donors (Lipinski definition) is 1. The van der Waals surface area contributed by atoms with Crippen LogP contribution in [0.5, 0.6) is 0 Å². The standard InChI is InChI=1S/C10H9FN4OS/c1-15(7-4-2-3-6(11)5-7)9(16)8-13-14-10(12)17-8/h2-5H,1H3,(H2,12,14). The van der Waals surface area contributed by atoms with Gasteiger partial charge in [-0.2, -0.15) is 0 Å². The summed E-state index contributed by atoms with van der Waals surface area (Å²) in [5.74, 6) is -0.774. The van der Waals surface area contributed by atoms with Crippen LogP contribution in [0.15, 0.2) is 24.3 Å². The minimum absolute atomic E-state index is 0.175. The van der Waals surface area contributed by atoms with Crippen molar-refractivity contribution in [3.05, 3.63) is 35.1 Å². The lowest BCUT2D eigenvalue weighted by Gasteiger charge is -2.15. The van der Waals surface area contributed by atoms with Gasteiger partial charge in [-0.1, -0.05) is 17.4 Å². The normalized spacial score (nSPS) is 10.2. The first-order valence-electron chi connectivity index (χ1n) is 4.70. The molecule has 0 saturated heterocycles. The average Bonchev–Trinajstić information content (AvgIpc) is 2.74. The number of amides is 1. The lowest BCUT2D eigenvalue weighted by atomic mass is 10.3. The molecule has 7 heteroatoms. The summed E-state index contributed by atoms with van der Waals surface area (Å²) in [6.45, 7) is 0. The molecule has 2 N–H and O–H groups in total. The van der Waals surface area contributed by atoms with E-state index in [4.69, 9.17) is 5.73 Å². The molecule has 2 aromatic rings. The molecule has 1 heterocycles. The number of nitrogen functional groups attached to an aromatic ring is 1. The van der Waals surface area contributed by atoms with Gasteiger partial charge in [0, 0.05) is 12.7 Å². The van der Waals surface area contributed by atoms with E-state index in [2.05, 4.69) is 10.2 Å². The summed E-state index contributed by atoms with van der Waals surface area (Å²) in [5.41, 5.74) is 5.84. The van der Waals surface area contributed by atoms with Crippen LogP contribution in [-0.4, -0.2) is 23.2 Å². The van der Waals surface area contributed by atoms with Gasteiger partial charge in [-0.15, -0.1) is 10.2 Å². The molecule has 0 bridgehead atoms. The molecule has 1 aromatic heterocycles. The van der Waals surface area contributed by atoms with Crippen molar-refractivity contribution in [2.24, 2.45) is 0 Å². The first kappa shape index (κ1) is 11.5. The fraction of sp³-hybridized carbons (Fsp3) is 0.100. The summed E-state index contributed by atoms with van der Waals surface area (Å²) >= 11 is 0.994. The molecule has 0 unspecified atom stereocenters. The first-order chi connectivity index (χ1) is 8.08. The lowest BCUT2D eigenvalue weighted by Crippen LogP contribution is -2.26. The van der Waals surface area contributed by atoms with Crippen molar-refractivity contribution in [3.63, 3.8) is 0 Å². The van der Waals surface area contributed by atoms with Crippen LogP contribution < -0.4 is 10.6 Å². The zero-order valence-electron chi connectivity index (χ0n) is 8.92. The Kier molecular flexibility index (Phi) is 3.01. The van der Waals surface area contributed by atoms with Crippen molar-refractivity contribution in [2.75, 3.05) is 17.7 Å². The van der Waals surface area contributed by atoms with E-state index in [1.807, 2.05) is 0 Å². The van der Waals surface area contributed by atoms with Gasteiger partial charge in [-0.05, 0) is 18.2 Å². The van der Waals surface area contributed by atoms with Crippen LogP contribution in [0.1, 0.15) is 9.80 Å². The number of carbonyl (C=O) groups excluding carboxylic acids is 1. The van der Waals surface area contributed by atoms with E-state index in [1.165, 1.54) is 30.1 Å². The predicted molar refractivity (Wildman–Crippen MR) is 63.5 cm³/mol. The fourth-order valence-corrected chi connectivity index (χ4v) is 1.85. The number of rotatable bonds is 2. The Labute approximate surface area is 101 Å². The Hall–Kier alpha value is -2.02. The Morgan fingerprint density at radius 2 is 2.24 bits per heavy atom. The lowest BCUT2D eigenvalue weighted by molar-refractivity contribution is 0.0992. The van der Waals surface area contributed by atoms with E-state index in [9.17, 15) is 9.18 Å². The maximum Gasteiger partial charge on any atom is 0.289 e. The second-order valence-corrected chi connectivity index (χ2v) is 4.30. The topological polar surface area (TPSA) is 72.1 Å². The highest BCUT2D eigenvalue weighted by molar-refractivity contribution is 7.17. The number of anilines is 2. The van der Waals surface area contributed by atoms with Gasteiger partial charge in [0.05, 0.1) is 0 Å². The maximum atomic E-state index is 13.0. The third-order valence-corrected chi connectivity index (χ3v) is 2.86. The molecule has 0 radical (unpaired) electrons. The van der Waals surface area contributed by atoms with Gasteiger partial charge in [0.15, 0.2) is 0 Å². The van der Waals surface area contributed by atoms with E-state index < -0.39 is 5.82 Å². The Morgan fingerprint density at radius 3 is 2.82 bits per heavy atom. The molecule has 2 rings (SSSR count). The molecule has 0 aliphatic carbocycles. The second-order valence-electron chi connectivity index (χ2n) is 3.29. The van der Waals surface area contributed by atoms with Gasteiger partial charge >= 0.3 is 0 Å². The van der Waals surface area contributed by atoms with Gasteiger partial charge < -0.3 is 10.6 Å². The molecule has 0 aliphatic heterocycles. The Balaban J connectivity index is 2.26. The molecule has 88 valence electrons. The van der Waals surface area contributed by atoms with Crippen molar-refractivity contribution in [1.29, 1.82) is 0 Å². The van der Waals surface area contributed by atoms with Crippen molar-refractivity contribution < 1.29 is 9.18 Å². The molecule has 1 amide bonds. The van der Waals surface area contributed by atoms with E-state index in [0.717, 1.165) is 11.3 Å². The minimum Gasteiger partial charge on any atom is -0.374 e. The number of benzene rings is 1. The Morgan fingerprint density at radius 1 is 1.47 bits per heavy atom. The fourth-order valence-electron chi connectivity index (χ4n) is 1.27. The SMILES string of the molecule is CN(C(=O)c1nnc(N)s1)c1cccc(F)c1. The zero-order valence-corrected chi connectivity index (χ0v) is 9.74. The molecular weight excluding hydrogens is 243 g/mol. The van der Waals surface area contributed by atoms with Crippen LogP contribution in [0, 0.1) is 5.82 Å². The van der Waals surface area contributed by atoms with Gasteiger partial charge in [-0.25, -0.2) is 4.39 Å². The summed E-state index contributed by atoms with van der Waals surface area (Å²) in [6.07, 6.45) is 0. The van der Waals surface area contributed by atoms with E-state index in [0.29, 0.717) is 5.69 Å². The highest BCUT2D eigenvalue weighted by atomic mass is 32.1. The molecule has 0 fully saturated rings.